The van der Waals surface area contributed by atoms with Gasteiger partial charge in [-0.1, -0.05) is 26.0 Å². The van der Waals surface area contributed by atoms with E-state index < -0.39 is 11.9 Å². The monoisotopic (exact) mass is 550 g/mol. The first-order valence-corrected chi connectivity index (χ1v) is 13.8. The van der Waals surface area contributed by atoms with Gasteiger partial charge in [-0.25, -0.2) is 14.4 Å². The summed E-state index contributed by atoms with van der Waals surface area (Å²) < 4.78 is 27.1. The lowest BCUT2D eigenvalue weighted by atomic mass is 10.1. The zero-order valence-electron chi connectivity index (χ0n) is 22.9. The van der Waals surface area contributed by atoms with Crippen molar-refractivity contribution in [2.24, 2.45) is 0 Å². The number of rotatable bonds is 18. The lowest BCUT2D eigenvalue weighted by Gasteiger charge is -2.09. The lowest BCUT2D eigenvalue weighted by molar-refractivity contribution is -0.139. The zero-order chi connectivity index (χ0) is 28.6. The maximum Gasteiger partial charge on any atom is 0.343 e. The Morgan fingerprint density at radius 1 is 0.800 bits per heavy atom. The van der Waals surface area contributed by atoms with Crippen LogP contribution < -0.4 is 14.2 Å². The second kappa shape index (κ2) is 16.8. The minimum Gasteiger partial charge on any atom is -0.494 e. The molecular weight excluding hydrogens is 512 g/mol. The molecule has 0 saturated carbocycles. The number of hydrogen-bond acceptors (Lipinski definition) is 8. The number of cyclic esters (lactones) is 1. The fraction of sp³-hybridized carbons (Fsp3) is 0.406. The number of hydrogen-bond donors (Lipinski definition) is 0. The fourth-order valence-electron chi connectivity index (χ4n) is 4.07. The van der Waals surface area contributed by atoms with Crippen molar-refractivity contribution in [3.05, 3.63) is 78.9 Å². The molecule has 1 fully saturated rings. The van der Waals surface area contributed by atoms with Gasteiger partial charge in [-0.05, 0) is 87.1 Å². The third-order valence-electron chi connectivity index (χ3n) is 6.32. The normalized spacial score (nSPS) is 14.3. The van der Waals surface area contributed by atoms with Crippen molar-refractivity contribution in [2.75, 3.05) is 19.8 Å². The molecule has 2 aromatic rings. The van der Waals surface area contributed by atoms with Gasteiger partial charge in [0.1, 0.15) is 23.4 Å². The Morgan fingerprint density at radius 2 is 1.35 bits per heavy atom. The molecule has 0 amide bonds. The van der Waals surface area contributed by atoms with Crippen molar-refractivity contribution in [3.8, 4) is 17.2 Å². The number of unbranched alkanes of at least 4 members (excludes halogenated alkanes) is 5. The van der Waals surface area contributed by atoms with E-state index in [1.807, 2.05) is 0 Å². The van der Waals surface area contributed by atoms with Gasteiger partial charge >= 0.3 is 17.9 Å². The number of ether oxygens (including phenoxy) is 5. The van der Waals surface area contributed by atoms with E-state index in [-0.39, 0.29) is 12.1 Å². The molecule has 0 aliphatic carbocycles. The average molecular weight is 551 g/mol. The summed E-state index contributed by atoms with van der Waals surface area (Å²) in [6.07, 6.45) is 9.17. The van der Waals surface area contributed by atoms with E-state index in [0.29, 0.717) is 54.6 Å². The van der Waals surface area contributed by atoms with Gasteiger partial charge in [-0.15, -0.1) is 0 Å². The van der Waals surface area contributed by atoms with Crippen molar-refractivity contribution >= 4 is 17.9 Å². The number of benzene rings is 2. The third-order valence-corrected chi connectivity index (χ3v) is 6.32. The van der Waals surface area contributed by atoms with Gasteiger partial charge < -0.3 is 23.7 Å². The molecule has 214 valence electrons. The number of carbonyl (C=O) groups excluding carboxylic acids is 3. The summed E-state index contributed by atoms with van der Waals surface area (Å²) in [6, 6.07) is 13.8. The van der Waals surface area contributed by atoms with E-state index in [2.05, 4.69) is 13.2 Å². The van der Waals surface area contributed by atoms with Gasteiger partial charge in [-0.3, -0.25) is 0 Å². The van der Waals surface area contributed by atoms with Crippen molar-refractivity contribution < 1.29 is 38.1 Å². The van der Waals surface area contributed by atoms with Crippen molar-refractivity contribution in [1.82, 2.24) is 0 Å². The van der Waals surface area contributed by atoms with Gasteiger partial charge in [0.25, 0.3) is 0 Å². The molecule has 40 heavy (non-hydrogen) atoms. The smallest absolute Gasteiger partial charge is 0.343 e. The van der Waals surface area contributed by atoms with Crippen LogP contribution in [0.1, 0.15) is 68.1 Å². The maximum atomic E-state index is 12.5. The van der Waals surface area contributed by atoms with Crippen LogP contribution in [0.25, 0.3) is 0 Å². The van der Waals surface area contributed by atoms with E-state index >= 15 is 0 Å². The largest absolute Gasteiger partial charge is 0.494 e. The van der Waals surface area contributed by atoms with Gasteiger partial charge in [0, 0.05) is 18.1 Å². The summed E-state index contributed by atoms with van der Waals surface area (Å²) in [6.45, 7) is 8.58. The van der Waals surface area contributed by atoms with E-state index in [0.717, 1.165) is 57.4 Å². The molecule has 0 spiro atoms. The molecule has 3 rings (SSSR count). The Hall–Kier alpha value is -4.07. The molecule has 1 heterocycles. The van der Waals surface area contributed by atoms with Crippen LogP contribution in [0, 0.1) is 0 Å². The first kappa shape index (κ1) is 30.5. The van der Waals surface area contributed by atoms with Crippen LogP contribution in [0.4, 0.5) is 0 Å². The predicted molar refractivity (Wildman–Crippen MR) is 151 cm³/mol. The Bertz CT molecular complexity index is 1100. The van der Waals surface area contributed by atoms with Crippen LogP contribution in [-0.2, 0) is 19.1 Å². The second-order valence-corrected chi connectivity index (χ2v) is 9.55. The first-order valence-electron chi connectivity index (χ1n) is 13.8. The Morgan fingerprint density at radius 3 is 1.95 bits per heavy atom. The van der Waals surface area contributed by atoms with E-state index in [4.69, 9.17) is 23.7 Å². The molecular formula is C32H38O8. The minimum absolute atomic E-state index is 0.00913. The molecule has 8 heteroatoms. The SMILES string of the molecule is C=CC(=O)OCCCCCOc1ccc(OC(=O)c2ccc(OCCCCCCC3CC(=C)C(=O)O3)cc2)cc1. The van der Waals surface area contributed by atoms with Crippen LogP contribution in [0.5, 0.6) is 17.2 Å². The highest BCUT2D eigenvalue weighted by molar-refractivity contribution is 5.91. The molecule has 0 N–H and O–H groups in total. The third kappa shape index (κ3) is 11.0. The fourth-order valence-corrected chi connectivity index (χ4v) is 4.07. The van der Waals surface area contributed by atoms with E-state index in [1.165, 1.54) is 0 Å². The van der Waals surface area contributed by atoms with E-state index in [9.17, 15) is 14.4 Å². The van der Waals surface area contributed by atoms with Crippen molar-refractivity contribution in [2.45, 2.75) is 63.9 Å². The van der Waals surface area contributed by atoms with Crippen LogP contribution in [0.3, 0.4) is 0 Å². The highest BCUT2D eigenvalue weighted by Gasteiger charge is 2.26. The van der Waals surface area contributed by atoms with Crippen LogP contribution in [-0.4, -0.2) is 43.8 Å². The highest BCUT2D eigenvalue weighted by atomic mass is 16.6. The summed E-state index contributed by atoms with van der Waals surface area (Å²) in [7, 11) is 0. The second-order valence-electron chi connectivity index (χ2n) is 9.55. The summed E-state index contributed by atoms with van der Waals surface area (Å²) in [4.78, 5) is 34.8. The molecule has 0 radical (unpaired) electrons. The molecule has 1 saturated heterocycles. The topological polar surface area (TPSA) is 97.4 Å². The van der Waals surface area contributed by atoms with Crippen LogP contribution in [0.15, 0.2) is 73.3 Å². The highest BCUT2D eigenvalue weighted by Crippen LogP contribution is 2.23. The van der Waals surface area contributed by atoms with Gasteiger partial charge in [0.15, 0.2) is 0 Å². The van der Waals surface area contributed by atoms with Crippen LogP contribution in [0.2, 0.25) is 0 Å². The molecule has 8 nitrogen and oxygen atoms in total. The number of esters is 3. The first-order chi connectivity index (χ1) is 19.4. The van der Waals surface area contributed by atoms with Crippen molar-refractivity contribution in [3.63, 3.8) is 0 Å². The minimum atomic E-state index is -0.450. The molecule has 1 aliphatic heterocycles. The van der Waals surface area contributed by atoms with Gasteiger partial charge in [0.05, 0.1) is 25.4 Å². The average Bonchev–Trinajstić information content (AvgIpc) is 3.29. The Kier molecular flexibility index (Phi) is 12.8. The molecule has 1 unspecified atom stereocenters. The Balaban J connectivity index is 1.25. The summed E-state index contributed by atoms with van der Waals surface area (Å²) >= 11 is 0. The molecule has 0 bridgehead atoms. The quantitative estimate of drug-likeness (QED) is 0.0912. The standard InChI is InChI=1S/C32H38O8/c1-3-30(33)38-22-10-6-9-21-37-27-16-18-28(19-17-27)39-32(35)25-12-14-26(15-13-25)36-20-8-5-4-7-11-29-23-24(2)31(34)40-29/h3,12-19,29H,1-2,4-11,20-23H2. The van der Waals surface area contributed by atoms with E-state index in [1.54, 1.807) is 48.5 Å². The maximum absolute atomic E-state index is 12.5. The van der Waals surface area contributed by atoms with Crippen LogP contribution >= 0.6 is 0 Å². The Labute approximate surface area is 235 Å². The predicted octanol–water partition coefficient (Wildman–Crippen LogP) is 6.39. The molecule has 1 aliphatic rings. The molecule has 1 atom stereocenters. The summed E-state index contributed by atoms with van der Waals surface area (Å²) in [5.41, 5.74) is 1.01. The zero-order valence-corrected chi connectivity index (χ0v) is 22.9. The number of carbonyl (C=O) groups is 3. The van der Waals surface area contributed by atoms with Gasteiger partial charge in [0.2, 0.25) is 0 Å². The summed E-state index contributed by atoms with van der Waals surface area (Å²) in [5, 5.41) is 0. The van der Waals surface area contributed by atoms with Crippen molar-refractivity contribution in [1.29, 1.82) is 0 Å². The molecule has 2 aromatic carbocycles. The summed E-state index contributed by atoms with van der Waals surface area (Å²) in [5.74, 6) is 0.699. The van der Waals surface area contributed by atoms with Gasteiger partial charge in [-0.2, -0.15) is 0 Å². The lowest BCUT2D eigenvalue weighted by Crippen LogP contribution is -2.08. The molecule has 0 aromatic heterocycles.